The van der Waals surface area contributed by atoms with Crippen LogP contribution in [-0.2, 0) is 10.5 Å². The second-order valence-electron chi connectivity index (χ2n) is 4.17. The first-order valence-corrected chi connectivity index (χ1v) is 7.58. The molecule has 1 N–H and O–H groups in total. The number of hydrogen-bond donors (Lipinski definition) is 1. The van der Waals surface area contributed by atoms with E-state index >= 15 is 0 Å². The summed E-state index contributed by atoms with van der Waals surface area (Å²) in [6, 6.07) is 7.31. The van der Waals surface area contributed by atoms with Crippen molar-refractivity contribution >= 4 is 29.3 Å². The molecule has 2 aromatic rings. The molecule has 6 heteroatoms. The Morgan fingerprint density at radius 3 is 3.00 bits per heavy atom. The van der Waals surface area contributed by atoms with Gasteiger partial charge >= 0.3 is 5.97 Å². The number of halogens is 1. The zero-order chi connectivity index (χ0) is 14.5. The number of benzene rings is 1. The number of rotatable bonds is 6. The zero-order valence-electron chi connectivity index (χ0n) is 10.9. The maximum absolute atomic E-state index is 10.9. The van der Waals surface area contributed by atoms with Gasteiger partial charge in [0.2, 0.25) is 5.89 Å². The van der Waals surface area contributed by atoms with Gasteiger partial charge in [-0.1, -0.05) is 30.7 Å². The molecule has 106 valence electrons. The number of carbonyl (C=O) groups is 1. The van der Waals surface area contributed by atoms with Gasteiger partial charge in [-0.05, 0) is 18.6 Å². The number of oxazole rings is 1. The highest BCUT2D eigenvalue weighted by molar-refractivity contribution is 7.99. The third kappa shape index (κ3) is 3.77. The first-order chi connectivity index (χ1) is 9.60. The molecule has 0 aliphatic carbocycles. The summed E-state index contributed by atoms with van der Waals surface area (Å²) in [5.41, 5.74) is 0.853. The maximum atomic E-state index is 10.9. The predicted octanol–water partition coefficient (Wildman–Crippen LogP) is 4.09. The van der Waals surface area contributed by atoms with Crippen LogP contribution in [-0.4, -0.2) is 21.3 Å². The molecule has 1 atom stereocenters. The van der Waals surface area contributed by atoms with E-state index in [4.69, 9.17) is 21.1 Å². The van der Waals surface area contributed by atoms with E-state index in [1.807, 2.05) is 19.1 Å². The summed E-state index contributed by atoms with van der Waals surface area (Å²) >= 11 is 7.24. The molecule has 2 rings (SSSR count). The van der Waals surface area contributed by atoms with Gasteiger partial charge in [0.15, 0.2) is 5.76 Å². The van der Waals surface area contributed by atoms with Gasteiger partial charge in [0.1, 0.15) is 5.25 Å². The molecule has 0 saturated carbocycles. The van der Waals surface area contributed by atoms with Crippen molar-refractivity contribution in [3.63, 3.8) is 0 Å². The summed E-state index contributed by atoms with van der Waals surface area (Å²) in [5.74, 6) is 0.779. The summed E-state index contributed by atoms with van der Waals surface area (Å²) in [7, 11) is 0. The molecule has 0 spiro atoms. The number of aliphatic carboxylic acids is 1. The van der Waals surface area contributed by atoms with E-state index in [1.165, 1.54) is 11.8 Å². The lowest BCUT2D eigenvalue weighted by atomic mass is 10.2. The Morgan fingerprint density at radius 1 is 1.55 bits per heavy atom. The number of thioether (sulfide) groups is 1. The van der Waals surface area contributed by atoms with Gasteiger partial charge in [-0.2, -0.15) is 0 Å². The normalized spacial score (nSPS) is 12.3. The topological polar surface area (TPSA) is 63.3 Å². The molecular weight excluding hydrogens is 298 g/mol. The zero-order valence-corrected chi connectivity index (χ0v) is 12.4. The Morgan fingerprint density at radius 2 is 2.35 bits per heavy atom. The van der Waals surface area contributed by atoms with Crippen molar-refractivity contribution in [2.75, 3.05) is 0 Å². The van der Waals surface area contributed by atoms with Crippen molar-refractivity contribution in [3.8, 4) is 11.3 Å². The molecule has 4 nitrogen and oxygen atoms in total. The Kier molecular flexibility index (Phi) is 5.09. The van der Waals surface area contributed by atoms with Gasteiger partial charge in [-0.15, -0.1) is 11.8 Å². The highest BCUT2D eigenvalue weighted by atomic mass is 35.5. The number of carboxylic acid groups (broad SMARTS) is 1. The highest BCUT2D eigenvalue weighted by Crippen LogP contribution is 2.26. The molecular formula is C14H14ClNO3S. The second kappa shape index (κ2) is 6.81. The summed E-state index contributed by atoms with van der Waals surface area (Å²) < 4.78 is 5.62. The van der Waals surface area contributed by atoms with E-state index < -0.39 is 11.2 Å². The van der Waals surface area contributed by atoms with Crippen molar-refractivity contribution in [3.05, 3.63) is 41.4 Å². The fourth-order valence-corrected chi connectivity index (χ4v) is 2.73. The minimum atomic E-state index is -0.806. The second-order valence-corrected chi connectivity index (χ2v) is 5.80. The Labute approximate surface area is 126 Å². The summed E-state index contributed by atoms with van der Waals surface area (Å²) in [6.07, 6.45) is 2.20. The lowest BCUT2D eigenvalue weighted by Crippen LogP contribution is -2.15. The lowest BCUT2D eigenvalue weighted by Gasteiger charge is -2.06. The van der Waals surface area contributed by atoms with Crippen LogP contribution < -0.4 is 0 Å². The van der Waals surface area contributed by atoms with Crippen LogP contribution in [0.1, 0.15) is 19.2 Å². The fraction of sp³-hybridized carbons (Fsp3) is 0.286. The Hall–Kier alpha value is -1.46. The number of nitrogens with zero attached hydrogens (tertiary/aromatic N) is 1. The van der Waals surface area contributed by atoms with Gasteiger partial charge in [0.05, 0.1) is 11.9 Å². The van der Waals surface area contributed by atoms with Gasteiger partial charge in [-0.3, -0.25) is 4.79 Å². The minimum Gasteiger partial charge on any atom is -0.480 e. The van der Waals surface area contributed by atoms with Gasteiger partial charge in [0.25, 0.3) is 0 Å². The molecule has 0 amide bonds. The van der Waals surface area contributed by atoms with E-state index in [1.54, 1.807) is 18.3 Å². The maximum Gasteiger partial charge on any atom is 0.316 e. The summed E-state index contributed by atoms with van der Waals surface area (Å²) in [5, 5.41) is 9.18. The van der Waals surface area contributed by atoms with Gasteiger partial charge < -0.3 is 9.52 Å². The van der Waals surface area contributed by atoms with Crippen LogP contribution in [0.25, 0.3) is 11.3 Å². The van der Waals surface area contributed by atoms with Crippen LogP contribution in [0.15, 0.2) is 34.9 Å². The molecule has 1 aromatic carbocycles. The smallest absolute Gasteiger partial charge is 0.316 e. The van der Waals surface area contributed by atoms with Crippen molar-refractivity contribution in [2.45, 2.75) is 24.3 Å². The molecule has 0 aliphatic rings. The average Bonchev–Trinajstić information content (AvgIpc) is 2.88. The number of carboxylic acids is 1. The monoisotopic (exact) mass is 311 g/mol. The molecule has 1 aromatic heterocycles. The molecule has 0 saturated heterocycles. The predicted molar refractivity (Wildman–Crippen MR) is 80.0 cm³/mol. The molecule has 20 heavy (non-hydrogen) atoms. The van der Waals surface area contributed by atoms with Crippen LogP contribution >= 0.6 is 23.4 Å². The van der Waals surface area contributed by atoms with Crippen molar-refractivity contribution in [1.82, 2.24) is 4.98 Å². The lowest BCUT2D eigenvalue weighted by molar-refractivity contribution is -0.136. The van der Waals surface area contributed by atoms with Crippen LogP contribution in [0.4, 0.5) is 0 Å². The Bertz CT molecular complexity index is 600. The van der Waals surface area contributed by atoms with E-state index in [0.29, 0.717) is 28.8 Å². The largest absolute Gasteiger partial charge is 0.480 e. The molecule has 0 bridgehead atoms. The average molecular weight is 312 g/mol. The van der Waals surface area contributed by atoms with E-state index in [-0.39, 0.29) is 0 Å². The van der Waals surface area contributed by atoms with Gasteiger partial charge in [-0.25, -0.2) is 4.98 Å². The quantitative estimate of drug-likeness (QED) is 0.870. The Balaban J connectivity index is 2.04. The number of aromatic nitrogens is 1. The fourth-order valence-electron chi connectivity index (χ4n) is 1.69. The molecule has 0 radical (unpaired) electrons. The standard InChI is InChI=1S/C14H14ClNO3S/c1-2-12(14(17)18)20-8-13-16-7-11(19-13)9-4-3-5-10(15)6-9/h3-7,12H,2,8H2,1H3,(H,17,18). The number of hydrogen-bond acceptors (Lipinski definition) is 4. The molecule has 0 fully saturated rings. The third-order valence-corrected chi connectivity index (χ3v) is 4.30. The van der Waals surface area contributed by atoms with Crippen molar-refractivity contribution < 1.29 is 14.3 Å². The minimum absolute atomic E-state index is 0.434. The molecule has 1 unspecified atom stereocenters. The molecule has 0 aliphatic heterocycles. The first kappa shape index (κ1) is 14.9. The first-order valence-electron chi connectivity index (χ1n) is 6.15. The van der Waals surface area contributed by atoms with E-state index in [9.17, 15) is 4.79 Å². The highest BCUT2D eigenvalue weighted by Gasteiger charge is 2.17. The summed E-state index contributed by atoms with van der Waals surface area (Å²) in [4.78, 5) is 15.1. The van der Waals surface area contributed by atoms with Crippen LogP contribution in [0, 0.1) is 0 Å². The van der Waals surface area contributed by atoms with Crippen molar-refractivity contribution in [2.24, 2.45) is 0 Å². The van der Waals surface area contributed by atoms with Gasteiger partial charge in [0, 0.05) is 10.6 Å². The summed E-state index contributed by atoms with van der Waals surface area (Å²) in [6.45, 7) is 1.85. The van der Waals surface area contributed by atoms with Crippen LogP contribution in [0.5, 0.6) is 0 Å². The van der Waals surface area contributed by atoms with Crippen LogP contribution in [0.2, 0.25) is 5.02 Å². The molecule has 1 heterocycles. The van der Waals surface area contributed by atoms with Crippen molar-refractivity contribution in [1.29, 1.82) is 0 Å². The van der Waals surface area contributed by atoms with E-state index in [0.717, 1.165) is 5.56 Å². The third-order valence-electron chi connectivity index (χ3n) is 2.72. The van der Waals surface area contributed by atoms with Crippen LogP contribution in [0.3, 0.4) is 0 Å². The SMILES string of the molecule is CCC(SCc1ncc(-c2cccc(Cl)c2)o1)C(=O)O. The van der Waals surface area contributed by atoms with E-state index in [2.05, 4.69) is 4.98 Å².